The molecule has 2 saturated heterocycles. The number of hydrogen-bond acceptors (Lipinski definition) is 10. The van der Waals surface area contributed by atoms with E-state index in [1.807, 2.05) is 30.3 Å². The van der Waals surface area contributed by atoms with Crippen molar-refractivity contribution >= 4 is 39.7 Å². The molecule has 230 valence electrons. The van der Waals surface area contributed by atoms with E-state index in [0.29, 0.717) is 54.3 Å². The molecule has 3 unspecified atom stereocenters. The van der Waals surface area contributed by atoms with Crippen molar-refractivity contribution in [2.24, 2.45) is 10.2 Å². The SMILES string of the molecule is COc1cc2ncnc(Nc3ccc4c(c3)N=NC4Cc3cccc(F)c3)c2cc1NC(=O)/C=C/CN1CC2OCCOC2C1. The van der Waals surface area contributed by atoms with E-state index in [1.54, 1.807) is 25.3 Å². The van der Waals surface area contributed by atoms with Crippen LogP contribution in [0.4, 0.5) is 27.3 Å². The van der Waals surface area contributed by atoms with Crippen LogP contribution in [0.25, 0.3) is 10.9 Å². The van der Waals surface area contributed by atoms with Crippen molar-refractivity contribution in [2.45, 2.75) is 24.7 Å². The number of amides is 1. The number of fused-ring (bicyclic) bond motifs is 3. The highest BCUT2D eigenvalue weighted by atomic mass is 19.1. The average Bonchev–Trinajstić information content (AvgIpc) is 3.64. The third kappa shape index (κ3) is 6.39. The molecule has 1 amide bonds. The van der Waals surface area contributed by atoms with Gasteiger partial charge in [-0.2, -0.15) is 10.2 Å². The number of carbonyl (C=O) groups excluding carboxylic acids is 1. The number of benzene rings is 3. The number of nitrogens with zero attached hydrogens (tertiary/aromatic N) is 5. The molecule has 12 heteroatoms. The fourth-order valence-electron chi connectivity index (χ4n) is 5.98. The maximum absolute atomic E-state index is 13.7. The lowest BCUT2D eigenvalue weighted by Crippen LogP contribution is -2.36. The van der Waals surface area contributed by atoms with E-state index in [1.165, 1.54) is 24.5 Å². The first-order valence-electron chi connectivity index (χ1n) is 14.8. The molecule has 4 heterocycles. The summed E-state index contributed by atoms with van der Waals surface area (Å²) in [6.07, 6.45) is 5.58. The van der Waals surface area contributed by atoms with Gasteiger partial charge in [-0.15, -0.1) is 0 Å². The Morgan fingerprint density at radius 2 is 1.93 bits per heavy atom. The number of aromatic nitrogens is 2. The number of methoxy groups -OCH3 is 1. The van der Waals surface area contributed by atoms with Gasteiger partial charge in [0.15, 0.2) is 0 Å². The fraction of sp³-hybridized carbons (Fsp3) is 0.303. The summed E-state index contributed by atoms with van der Waals surface area (Å²) in [6.45, 7) is 3.45. The monoisotopic (exact) mass is 609 g/mol. The van der Waals surface area contributed by atoms with Gasteiger partial charge in [0.2, 0.25) is 5.91 Å². The van der Waals surface area contributed by atoms with E-state index < -0.39 is 0 Å². The minimum atomic E-state index is -0.278. The van der Waals surface area contributed by atoms with Crippen LogP contribution < -0.4 is 15.4 Å². The predicted octanol–water partition coefficient (Wildman–Crippen LogP) is 5.50. The van der Waals surface area contributed by atoms with Gasteiger partial charge in [-0.1, -0.05) is 24.3 Å². The van der Waals surface area contributed by atoms with Crippen LogP contribution >= 0.6 is 0 Å². The minimum Gasteiger partial charge on any atom is -0.494 e. The lowest BCUT2D eigenvalue weighted by atomic mass is 9.99. The number of ether oxygens (including phenoxy) is 3. The second-order valence-corrected chi connectivity index (χ2v) is 11.2. The minimum absolute atomic E-state index is 0.0951. The highest BCUT2D eigenvalue weighted by Gasteiger charge is 2.35. The Labute approximate surface area is 259 Å². The second kappa shape index (κ2) is 12.7. The maximum atomic E-state index is 13.7. The van der Waals surface area contributed by atoms with Crippen molar-refractivity contribution in [3.05, 3.63) is 90.0 Å². The molecule has 0 spiro atoms. The molecule has 3 aromatic carbocycles. The van der Waals surface area contributed by atoms with Gasteiger partial charge in [-0.3, -0.25) is 9.69 Å². The number of carbonyl (C=O) groups is 1. The van der Waals surface area contributed by atoms with Crippen LogP contribution in [0.1, 0.15) is 17.2 Å². The van der Waals surface area contributed by atoms with Crippen molar-refractivity contribution in [1.82, 2.24) is 14.9 Å². The van der Waals surface area contributed by atoms with Crippen LogP contribution in [0.5, 0.6) is 5.75 Å². The number of azo groups is 1. The molecular weight excluding hydrogens is 577 g/mol. The molecule has 0 saturated carbocycles. The quantitative estimate of drug-likeness (QED) is 0.239. The number of anilines is 3. The summed E-state index contributed by atoms with van der Waals surface area (Å²) in [4.78, 5) is 24.0. The Bertz CT molecular complexity index is 1780. The molecule has 4 aromatic rings. The molecular formula is C33H32FN7O4. The number of likely N-dealkylation sites (tertiary alicyclic amines) is 1. The topological polar surface area (TPSA) is 123 Å². The first-order chi connectivity index (χ1) is 22.0. The van der Waals surface area contributed by atoms with E-state index in [0.717, 1.165) is 35.6 Å². The highest BCUT2D eigenvalue weighted by molar-refractivity contribution is 6.03. The van der Waals surface area contributed by atoms with E-state index in [-0.39, 0.29) is 30.0 Å². The van der Waals surface area contributed by atoms with Crippen LogP contribution in [0.15, 0.2) is 83.3 Å². The summed E-state index contributed by atoms with van der Waals surface area (Å²) in [5.74, 6) is 0.492. The summed E-state index contributed by atoms with van der Waals surface area (Å²) in [7, 11) is 1.55. The molecule has 3 atom stereocenters. The van der Waals surface area contributed by atoms with E-state index in [2.05, 4.69) is 35.7 Å². The highest BCUT2D eigenvalue weighted by Crippen LogP contribution is 2.40. The van der Waals surface area contributed by atoms with Gasteiger partial charge in [-0.25, -0.2) is 14.4 Å². The Hall–Kier alpha value is -4.78. The number of halogens is 1. The van der Waals surface area contributed by atoms with E-state index in [9.17, 15) is 9.18 Å². The normalized spacial score (nSPS) is 20.8. The molecule has 1 aromatic heterocycles. The molecule has 2 N–H and O–H groups in total. The van der Waals surface area contributed by atoms with Crippen molar-refractivity contribution in [3.63, 3.8) is 0 Å². The molecule has 45 heavy (non-hydrogen) atoms. The molecule has 3 aliphatic rings. The third-order valence-electron chi connectivity index (χ3n) is 8.16. The predicted molar refractivity (Wildman–Crippen MR) is 167 cm³/mol. The van der Waals surface area contributed by atoms with Gasteiger partial charge in [-0.05, 0) is 35.9 Å². The lowest BCUT2D eigenvalue weighted by molar-refractivity contribution is -0.116. The number of nitrogens with one attached hydrogen (secondary N) is 2. The average molecular weight is 610 g/mol. The molecule has 0 bridgehead atoms. The Morgan fingerprint density at radius 3 is 2.73 bits per heavy atom. The van der Waals surface area contributed by atoms with Crippen molar-refractivity contribution in [3.8, 4) is 5.75 Å². The maximum Gasteiger partial charge on any atom is 0.248 e. The van der Waals surface area contributed by atoms with Gasteiger partial charge in [0.25, 0.3) is 0 Å². The zero-order valence-corrected chi connectivity index (χ0v) is 24.6. The van der Waals surface area contributed by atoms with Gasteiger partial charge in [0.1, 0.15) is 29.8 Å². The zero-order chi connectivity index (χ0) is 30.8. The molecule has 7 rings (SSSR count). The summed E-state index contributed by atoms with van der Waals surface area (Å²) in [5, 5.41) is 15.8. The first kappa shape index (κ1) is 29.0. The van der Waals surface area contributed by atoms with Crippen LogP contribution in [0, 0.1) is 5.82 Å². The van der Waals surface area contributed by atoms with E-state index in [4.69, 9.17) is 14.2 Å². The lowest BCUT2D eigenvalue weighted by Gasteiger charge is -2.24. The largest absolute Gasteiger partial charge is 0.494 e. The standard InChI is InChI=1S/C33H32FN7O4/c1-43-29-16-25-24(15-28(29)38-32(42)6-3-9-41-17-30-31(18-41)45-11-10-44-30)33(36-19-35-25)37-22-7-8-23-26(39-40-27(23)14-22)13-20-4-2-5-21(34)12-20/h2-8,12,14-16,19,26,30-31H,9-11,13,17-18H2,1H3,(H,38,42)(H,35,36,37)/b6-3+. The summed E-state index contributed by atoms with van der Waals surface area (Å²) in [5.41, 5.74) is 4.49. The zero-order valence-electron chi connectivity index (χ0n) is 24.6. The van der Waals surface area contributed by atoms with Crippen LogP contribution in [-0.4, -0.2) is 72.9 Å². The molecule has 3 aliphatic heterocycles. The van der Waals surface area contributed by atoms with Crippen molar-refractivity contribution in [2.75, 3.05) is 50.6 Å². The Kier molecular flexibility index (Phi) is 8.16. The van der Waals surface area contributed by atoms with Crippen LogP contribution in [-0.2, 0) is 20.7 Å². The van der Waals surface area contributed by atoms with Crippen molar-refractivity contribution < 1.29 is 23.4 Å². The van der Waals surface area contributed by atoms with Crippen LogP contribution in [0.2, 0.25) is 0 Å². The van der Waals surface area contributed by atoms with Crippen LogP contribution in [0.3, 0.4) is 0 Å². The first-order valence-corrected chi connectivity index (χ1v) is 14.8. The summed E-state index contributed by atoms with van der Waals surface area (Å²) < 4.78 is 30.8. The smallest absolute Gasteiger partial charge is 0.248 e. The molecule has 0 radical (unpaired) electrons. The third-order valence-corrected chi connectivity index (χ3v) is 8.16. The number of rotatable bonds is 9. The molecule has 0 aliphatic carbocycles. The molecule has 11 nitrogen and oxygen atoms in total. The molecule has 2 fully saturated rings. The fourth-order valence-corrected chi connectivity index (χ4v) is 5.98. The number of hydrogen-bond donors (Lipinski definition) is 2. The van der Waals surface area contributed by atoms with Gasteiger partial charge in [0, 0.05) is 54.8 Å². The van der Waals surface area contributed by atoms with Gasteiger partial charge >= 0.3 is 0 Å². The Balaban J connectivity index is 1.05. The summed E-state index contributed by atoms with van der Waals surface area (Å²) >= 11 is 0. The van der Waals surface area contributed by atoms with Crippen molar-refractivity contribution in [1.29, 1.82) is 0 Å². The van der Waals surface area contributed by atoms with E-state index >= 15 is 0 Å². The van der Waals surface area contributed by atoms with Gasteiger partial charge < -0.3 is 24.8 Å². The Morgan fingerprint density at radius 1 is 1.09 bits per heavy atom. The second-order valence-electron chi connectivity index (χ2n) is 11.2. The summed E-state index contributed by atoms with van der Waals surface area (Å²) in [6, 6.07) is 15.7. The van der Waals surface area contributed by atoms with Gasteiger partial charge in [0.05, 0.1) is 49.4 Å².